The lowest BCUT2D eigenvalue weighted by Gasteiger charge is -2.41. The zero-order valence-electron chi connectivity index (χ0n) is 19.5. The van der Waals surface area contributed by atoms with Gasteiger partial charge in [-0.3, -0.25) is 9.10 Å². The molecule has 34 heavy (non-hydrogen) atoms. The van der Waals surface area contributed by atoms with E-state index in [1.54, 1.807) is 42.5 Å². The third-order valence-electron chi connectivity index (χ3n) is 6.48. The van der Waals surface area contributed by atoms with Crippen molar-refractivity contribution >= 4 is 21.6 Å². The van der Waals surface area contributed by atoms with Gasteiger partial charge in [0.05, 0.1) is 16.6 Å². The summed E-state index contributed by atoms with van der Waals surface area (Å²) in [6, 6.07) is 24.3. The fraction of sp³-hybridized carbons (Fsp3) is 0.296. The topological polar surface area (TPSA) is 75.7 Å². The number of ether oxygens (including phenoxy) is 1. The maximum Gasteiger partial charge on any atom is 0.264 e. The molecule has 1 atom stereocenters. The monoisotopic (exact) mass is 478 g/mol. The highest BCUT2D eigenvalue weighted by molar-refractivity contribution is 7.92. The maximum atomic E-state index is 13.5. The molecule has 178 valence electrons. The minimum absolute atomic E-state index is 0.138. The Labute approximate surface area is 201 Å². The van der Waals surface area contributed by atoms with Gasteiger partial charge >= 0.3 is 0 Å². The van der Waals surface area contributed by atoms with Crippen molar-refractivity contribution in [2.75, 3.05) is 10.8 Å². The lowest BCUT2D eigenvalue weighted by Crippen LogP contribution is -2.47. The Morgan fingerprint density at radius 1 is 0.941 bits per heavy atom. The third kappa shape index (κ3) is 4.80. The van der Waals surface area contributed by atoms with Crippen molar-refractivity contribution in [3.8, 4) is 5.75 Å². The minimum Gasteiger partial charge on any atom is -0.487 e. The minimum atomic E-state index is -3.93. The number of rotatable bonds is 8. The molecular formula is C27H30N2O4S. The van der Waals surface area contributed by atoms with Gasteiger partial charge in [-0.25, -0.2) is 8.42 Å². The van der Waals surface area contributed by atoms with Gasteiger partial charge in [0.1, 0.15) is 17.9 Å². The molecule has 0 saturated carbocycles. The summed E-state index contributed by atoms with van der Waals surface area (Å²) in [6.45, 7) is 3.84. The van der Waals surface area contributed by atoms with Crippen molar-refractivity contribution in [2.24, 2.45) is 0 Å². The van der Waals surface area contributed by atoms with Gasteiger partial charge in [0, 0.05) is 12.0 Å². The third-order valence-corrected chi connectivity index (χ3v) is 8.27. The Bertz CT molecular complexity index is 1230. The molecule has 3 aromatic carbocycles. The fourth-order valence-electron chi connectivity index (χ4n) is 4.43. The van der Waals surface area contributed by atoms with Crippen LogP contribution in [0.2, 0.25) is 0 Å². The molecule has 7 heteroatoms. The number of amides is 1. The second-order valence-electron chi connectivity index (χ2n) is 8.51. The molecule has 4 rings (SSSR count). The van der Waals surface area contributed by atoms with E-state index in [0.717, 1.165) is 28.5 Å². The number of hydrogen-bond acceptors (Lipinski definition) is 4. The van der Waals surface area contributed by atoms with E-state index in [9.17, 15) is 13.2 Å². The van der Waals surface area contributed by atoms with E-state index in [0.29, 0.717) is 12.1 Å². The fourth-order valence-corrected chi connectivity index (χ4v) is 5.87. The molecule has 0 spiro atoms. The molecule has 0 bridgehead atoms. The van der Waals surface area contributed by atoms with E-state index in [1.165, 1.54) is 12.1 Å². The van der Waals surface area contributed by atoms with E-state index in [1.807, 2.05) is 30.3 Å². The number of sulfonamides is 1. The average molecular weight is 479 g/mol. The largest absolute Gasteiger partial charge is 0.487 e. The summed E-state index contributed by atoms with van der Waals surface area (Å²) >= 11 is 0. The first-order valence-electron chi connectivity index (χ1n) is 11.6. The van der Waals surface area contributed by atoms with Crippen LogP contribution in [0.4, 0.5) is 5.69 Å². The van der Waals surface area contributed by atoms with E-state index < -0.39 is 10.0 Å². The molecule has 6 nitrogen and oxygen atoms in total. The highest BCUT2D eigenvalue weighted by Crippen LogP contribution is 2.42. The molecule has 1 aliphatic rings. The molecule has 1 N–H and O–H groups in total. The van der Waals surface area contributed by atoms with Crippen LogP contribution < -0.4 is 14.4 Å². The van der Waals surface area contributed by atoms with Crippen LogP contribution in [0.15, 0.2) is 89.8 Å². The summed E-state index contributed by atoms with van der Waals surface area (Å²) in [5, 5.41) is 3.10. The number of benzene rings is 3. The average Bonchev–Trinajstić information content (AvgIpc) is 2.88. The van der Waals surface area contributed by atoms with Gasteiger partial charge in [-0.15, -0.1) is 0 Å². The quantitative estimate of drug-likeness (QED) is 0.490. The summed E-state index contributed by atoms with van der Waals surface area (Å²) in [7, 11) is -3.93. The highest BCUT2D eigenvalue weighted by Gasteiger charge is 2.39. The van der Waals surface area contributed by atoms with Crippen LogP contribution in [0.3, 0.4) is 0 Å². The van der Waals surface area contributed by atoms with Gasteiger partial charge in [0.25, 0.3) is 10.0 Å². The molecule has 1 unspecified atom stereocenters. The molecule has 0 saturated heterocycles. The van der Waals surface area contributed by atoms with Gasteiger partial charge in [0.15, 0.2) is 0 Å². The van der Waals surface area contributed by atoms with Crippen molar-refractivity contribution < 1.29 is 17.9 Å². The molecule has 1 aliphatic heterocycles. The second-order valence-corrected chi connectivity index (χ2v) is 10.4. The first-order chi connectivity index (χ1) is 16.4. The molecule has 0 aliphatic carbocycles. The van der Waals surface area contributed by atoms with Gasteiger partial charge in [-0.2, -0.15) is 0 Å². The molecule has 0 aromatic heterocycles. The smallest absolute Gasteiger partial charge is 0.264 e. The van der Waals surface area contributed by atoms with Crippen LogP contribution in [-0.4, -0.2) is 26.5 Å². The van der Waals surface area contributed by atoms with E-state index in [4.69, 9.17) is 4.74 Å². The number of fused-ring (bicyclic) bond motifs is 1. The SMILES string of the molecule is CCC1(CC)CC(NC(=O)CN(c2ccccc2)S(=O)(=O)c2ccccc2)c2ccccc2O1. The molecule has 0 radical (unpaired) electrons. The van der Waals surface area contributed by atoms with Crippen LogP contribution >= 0.6 is 0 Å². The van der Waals surface area contributed by atoms with Gasteiger partial charge in [-0.1, -0.05) is 68.4 Å². The zero-order chi connectivity index (χ0) is 24.2. The van der Waals surface area contributed by atoms with Crippen LogP contribution in [0.1, 0.15) is 44.7 Å². The number of nitrogens with zero attached hydrogens (tertiary/aromatic N) is 1. The molecular weight excluding hydrogens is 448 g/mol. The normalized spacial score (nSPS) is 16.7. The number of hydrogen-bond donors (Lipinski definition) is 1. The van der Waals surface area contributed by atoms with Crippen molar-refractivity contribution in [3.63, 3.8) is 0 Å². The number of carbonyl (C=O) groups is 1. The molecule has 1 heterocycles. The summed E-state index contributed by atoms with van der Waals surface area (Å²) in [6.07, 6.45) is 2.24. The Hall–Kier alpha value is -3.32. The Kier molecular flexibility index (Phi) is 6.93. The Balaban J connectivity index is 1.63. The Morgan fingerprint density at radius 3 is 2.18 bits per heavy atom. The predicted octanol–water partition coefficient (Wildman–Crippen LogP) is 5.08. The van der Waals surface area contributed by atoms with Crippen LogP contribution in [0, 0.1) is 0 Å². The van der Waals surface area contributed by atoms with E-state index in [-0.39, 0.29) is 29.0 Å². The van der Waals surface area contributed by atoms with Gasteiger partial charge in [0.2, 0.25) is 5.91 Å². The maximum absolute atomic E-state index is 13.5. The van der Waals surface area contributed by atoms with E-state index >= 15 is 0 Å². The second kappa shape index (κ2) is 9.89. The highest BCUT2D eigenvalue weighted by atomic mass is 32.2. The van der Waals surface area contributed by atoms with Gasteiger partial charge in [-0.05, 0) is 43.2 Å². The van der Waals surface area contributed by atoms with Gasteiger partial charge < -0.3 is 10.1 Å². The number of carbonyl (C=O) groups excluding carboxylic acids is 1. The number of para-hydroxylation sites is 2. The lowest BCUT2D eigenvalue weighted by atomic mass is 9.83. The molecule has 3 aromatic rings. The van der Waals surface area contributed by atoms with E-state index in [2.05, 4.69) is 19.2 Å². The van der Waals surface area contributed by atoms with Crippen LogP contribution in [0.25, 0.3) is 0 Å². The van der Waals surface area contributed by atoms with Crippen molar-refractivity contribution in [2.45, 2.75) is 49.6 Å². The Morgan fingerprint density at radius 2 is 1.53 bits per heavy atom. The summed E-state index contributed by atoms with van der Waals surface area (Å²) in [5.74, 6) is 0.394. The van der Waals surface area contributed by atoms with Crippen LogP contribution in [0.5, 0.6) is 5.75 Å². The standard InChI is InChI=1S/C27H30N2O4S/c1-3-27(4-2)19-24(23-17-11-12-18-25(23)33-27)28-26(30)20-29(21-13-7-5-8-14-21)34(31,32)22-15-9-6-10-16-22/h5-18,24H,3-4,19-20H2,1-2H3,(H,28,30). The predicted molar refractivity (Wildman–Crippen MR) is 133 cm³/mol. The first kappa shape index (κ1) is 23.8. The van der Waals surface area contributed by atoms with Crippen molar-refractivity contribution in [1.29, 1.82) is 0 Å². The number of nitrogens with one attached hydrogen (secondary N) is 1. The molecule has 0 fully saturated rings. The first-order valence-corrected chi connectivity index (χ1v) is 13.0. The summed E-state index contributed by atoms with van der Waals surface area (Å²) in [5.41, 5.74) is 0.970. The summed E-state index contributed by atoms with van der Waals surface area (Å²) in [4.78, 5) is 13.5. The zero-order valence-corrected chi connectivity index (χ0v) is 20.3. The van der Waals surface area contributed by atoms with Crippen molar-refractivity contribution in [1.82, 2.24) is 5.32 Å². The number of anilines is 1. The summed E-state index contributed by atoms with van der Waals surface area (Å²) < 4.78 is 34.5. The van der Waals surface area contributed by atoms with Crippen molar-refractivity contribution in [3.05, 3.63) is 90.5 Å². The lowest BCUT2D eigenvalue weighted by molar-refractivity contribution is -0.121. The molecule has 1 amide bonds. The van der Waals surface area contributed by atoms with Crippen LogP contribution in [-0.2, 0) is 14.8 Å².